The maximum atomic E-state index is 13.7. The molecular formula is C21H27F2N5. The van der Waals surface area contributed by atoms with Crippen molar-refractivity contribution in [2.24, 2.45) is 0 Å². The second-order valence-corrected chi connectivity index (χ2v) is 8.17. The van der Waals surface area contributed by atoms with Crippen molar-refractivity contribution in [3.63, 3.8) is 0 Å². The van der Waals surface area contributed by atoms with Gasteiger partial charge >= 0.3 is 0 Å². The average molecular weight is 387 g/mol. The Morgan fingerprint density at radius 1 is 1.29 bits per heavy atom. The highest BCUT2D eigenvalue weighted by molar-refractivity contribution is 5.76. The Labute approximate surface area is 164 Å². The minimum atomic E-state index is -2.73. The third-order valence-corrected chi connectivity index (χ3v) is 4.79. The Morgan fingerprint density at radius 3 is 2.61 bits per heavy atom. The highest BCUT2D eigenvalue weighted by atomic mass is 19.3. The molecule has 0 bridgehead atoms. The predicted octanol–water partition coefficient (Wildman–Crippen LogP) is 4.46. The van der Waals surface area contributed by atoms with Crippen LogP contribution in [0.5, 0.6) is 0 Å². The first-order chi connectivity index (χ1) is 13.1. The molecular weight excluding hydrogens is 360 g/mol. The van der Waals surface area contributed by atoms with Gasteiger partial charge in [-0.25, -0.2) is 18.7 Å². The molecule has 3 N–H and O–H groups in total. The molecule has 1 fully saturated rings. The van der Waals surface area contributed by atoms with Gasteiger partial charge in [-0.1, -0.05) is 57.7 Å². The summed E-state index contributed by atoms with van der Waals surface area (Å²) in [5, 5.41) is 3.26. The molecule has 2 heterocycles. The summed E-state index contributed by atoms with van der Waals surface area (Å²) in [4.78, 5) is 10.7. The van der Waals surface area contributed by atoms with Crippen molar-refractivity contribution in [3.05, 3.63) is 47.8 Å². The molecule has 7 heteroatoms. The highest BCUT2D eigenvalue weighted by Gasteiger charge is 2.40. The molecule has 1 aliphatic rings. The molecule has 150 valence electrons. The Morgan fingerprint density at radius 2 is 2.00 bits per heavy atom. The molecule has 0 atom stereocenters. The summed E-state index contributed by atoms with van der Waals surface area (Å²) < 4.78 is 27.5. The summed E-state index contributed by atoms with van der Waals surface area (Å²) in [5.41, 5.74) is 8.31. The van der Waals surface area contributed by atoms with Crippen molar-refractivity contribution in [3.8, 4) is 0 Å². The molecule has 2 aromatic rings. The number of hydrogen-bond donors (Lipinski definition) is 2. The third-order valence-electron chi connectivity index (χ3n) is 4.79. The van der Waals surface area contributed by atoms with Crippen molar-refractivity contribution in [1.82, 2.24) is 9.97 Å². The number of nitrogen functional groups attached to an aromatic ring is 1. The van der Waals surface area contributed by atoms with Gasteiger partial charge in [0.05, 0.1) is 6.54 Å². The van der Waals surface area contributed by atoms with Gasteiger partial charge in [-0.2, -0.15) is 0 Å². The van der Waals surface area contributed by atoms with Crippen LogP contribution < -0.4 is 16.0 Å². The van der Waals surface area contributed by atoms with E-state index >= 15 is 0 Å². The molecule has 1 aromatic heterocycles. The number of hydrogen-bond acceptors (Lipinski definition) is 5. The van der Waals surface area contributed by atoms with E-state index in [4.69, 9.17) is 5.73 Å². The summed E-state index contributed by atoms with van der Waals surface area (Å²) in [6.07, 6.45) is 1.59. The van der Waals surface area contributed by atoms with Crippen molar-refractivity contribution >= 4 is 23.4 Å². The van der Waals surface area contributed by atoms with Crippen LogP contribution in [0.25, 0.3) is 6.08 Å². The quantitative estimate of drug-likeness (QED) is 0.793. The van der Waals surface area contributed by atoms with Crippen molar-refractivity contribution in [1.29, 1.82) is 0 Å². The van der Waals surface area contributed by atoms with Gasteiger partial charge in [0.2, 0.25) is 0 Å². The molecule has 5 nitrogen and oxygen atoms in total. The molecule has 1 saturated heterocycles. The Kier molecular flexibility index (Phi) is 5.28. The maximum Gasteiger partial charge on any atom is 0.266 e. The lowest BCUT2D eigenvalue weighted by atomic mass is 9.95. The van der Waals surface area contributed by atoms with E-state index in [1.54, 1.807) is 11.0 Å². The van der Waals surface area contributed by atoms with Crippen LogP contribution in [0.15, 0.2) is 30.8 Å². The first-order valence-electron chi connectivity index (χ1n) is 9.36. The Hall–Kier alpha value is -2.70. The standard InChI is InChI=1S/C21H27F2N5/c1-5-14-8-6-7-9-15(14)12-25-17-16(24)18(27-19(26-17)20(2,3)4)28-11-10-21(22,23)13-28/h5-9H,1,10-13,24H2,2-4H3,(H,25,26,27). The normalized spacial score (nSPS) is 16.2. The third kappa shape index (κ3) is 4.24. The largest absolute Gasteiger partial charge is 0.393 e. The zero-order valence-electron chi connectivity index (χ0n) is 16.6. The number of halogens is 2. The zero-order valence-corrected chi connectivity index (χ0v) is 16.6. The van der Waals surface area contributed by atoms with Crippen LogP contribution in [0.2, 0.25) is 0 Å². The topological polar surface area (TPSA) is 67.1 Å². The number of aromatic nitrogens is 2. The van der Waals surface area contributed by atoms with E-state index in [9.17, 15) is 8.78 Å². The monoisotopic (exact) mass is 387 g/mol. The average Bonchev–Trinajstić information content (AvgIpc) is 2.99. The van der Waals surface area contributed by atoms with Gasteiger partial charge in [0.15, 0.2) is 11.6 Å². The SMILES string of the molecule is C=Cc1ccccc1CNc1nc(C(C)(C)C)nc(N2CCC(F)(F)C2)c1N. The van der Waals surface area contributed by atoms with Crippen LogP contribution in [-0.4, -0.2) is 29.0 Å². The van der Waals surface area contributed by atoms with E-state index in [0.717, 1.165) is 11.1 Å². The lowest BCUT2D eigenvalue weighted by Crippen LogP contribution is -2.28. The van der Waals surface area contributed by atoms with Crippen LogP contribution in [0, 0.1) is 0 Å². The number of alkyl halides is 2. The lowest BCUT2D eigenvalue weighted by Gasteiger charge is -2.25. The first-order valence-corrected chi connectivity index (χ1v) is 9.36. The second kappa shape index (κ2) is 7.37. The molecule has 28 heavy (non-hydrogen) atoms. The summed E-state index contributed by atoms with van der Waals surface area (Å²) >= 11 is 0. The summed E-state index contributed by atoms with van der Waals surface area (Å²) in [5.74, 6) is -1.33. The van der Waals surface area contributed by atoms with E-state index in [1.165, 1.54) is 0 Å². The van der Waals surface area contributed by atoms with Gasteiger partial charge in [-0.15, -0.1) is 0 Å². The van der Waals surface area contributed by atoms with Crippen LogP contribution in [-0.2, 0) is 12.0 Å². The van der Waals surface area contributed by atoms with Gasteiger partial charge in [-0.3, -0.25) is 0 Å². The van der Waals surface area contributed by atoms with Gasteiger partial charge in [0.25, 0.3) is 5.92 Å². The van der Waals surface area contributed by atoms with Gasteiger partial charge in [0, 0.05) is 24.9 Å². The number of anilines is 3. The molecule has 3 rings (SSSR count). The smallest absolute Gasteiger partial charge is 0.266 e. The second-order valence-electron chi connectivity index (χ2n) is 8.17. The fourth-order valence-electron chi connectivity index (χ4n) is 3.16. The maximum absolute atomic E-state index is 13.7. The van der Waals surface area contributed by atoms with E-state index in [-0.39, 0.29) is 24.9 Å². The van der Waals surface area contributed by atoms with Crippen LogP contribution in [0.4, 0.5) is 26.1 Å². The number of nitrogens with one attached hydrogen (secondary N) is 1. The molecule has 1 aromatic carbocycles. The first kappa shape index (κ1) is 20.0. The summed E-state index contributed by atoms with van der Waals surface area (Å²) in [6, 6.07) is 7.87. The van der Waals surface area contributed by atoms with Gasteiger partial charge < -0.3 is 16.0 Å². The van der Waals surface area contributed by atoms with Gasteiger partial charge in [0.1, 0.15) is 11.5 Å². The number of rotatable bonds is 5. The number of benzene rings is 1. The highest BCUT2D eigenvalue weighted by Crippen LogP contribution is 2.36. The van der Waals surface area contributed by atoms with Gasteiger partial charge in [-0.05, 0) is 11.1 Å². The summed E-state index contributed by atoms with van der Waals surface area (Å²) in [7, 11) is 0. The van der Waals surface area contributed by atoms with E-state index in [1.807, 2.05) is 45.0 Å². The Balaban J connectivity index is 1.95. The van der Waals surface area contributed by atoms with Crippen molar-refractivity contribution < 1.29 is 8.78 Å². The predicted molar refractivity (Wildman–Crippen MR) is 111 cm³/mol. The Bertz CT molecular complexity index is 874. The minimum absolute atomic E-state index is 0.198. The fraction of sp³-hybridized carbons (Fsp3) is 0.429. The number of nitrogens with zero attached hydrogens (tertiary/aromatic N) is 3. The minimum Gasteiger partial charge on any atom is -0.393 e. The van der Waals surface area contributed by atoms with Crippen molar-refractivity contribution in [2.75, 3.05) is 29.0 Å². The molecule has 1 aliphatic heterocycles. The van der Waals surface area contributed by atoms with Crippen LogP contribution in [0.1, 0.15) is 44.1 Å². The number of nitrogens with two attached hydrogens (primary N) is 1. The van der Waals surface area contributed by atoms with Crippen molar-refractivity contribution in [2.45, 2.75) is 45.1 Å². The molecule has 0 aliphatic carbocycles. The molecule has 0 unspecified atom stereocenters. The lowest BCUT2D eigenvalue weighted by molar-refractivity contribution is 0.0257. The fourth-order valence-corrected chi connectivity index (χ4v) is 3.16. The summed E-state index contributed by atoms with van der Waals surface area (Å²) in [6.45, 7) is 10.1. The molecule has 0 radical (unpaired) electrons. The molecule has 0 saturated carbocycles. The van der Waals surface area contributed by atoms with Crippen LogP contribution >= 0.6 is 0 Å². The molecule has 0 spiro atoms. The van der Waals surface area contributed by atoms with E-state index in [2.05, 4.69) is 21.9 Å². The van der Waals surface area contributed by atoms with Crippen LogP contribution in [0.3, 0.4) is 0 Å². The zero-order chi connectivity index (χ0) is 20.5. The molecule has 0 amide bonds. The van der Waals surface area contributed by atoms with E-state index in [0.29, 0.717) is 29.7 Å². The van der Waals surface area contributed by atoms with E-state index < -0.39 is 5.92 Å².